The number of carbonyl (C=O) groups excluding carboxylic acids is 2. The molecule has 2 atom stereocenters. The summed E-state index contributed by atoms with van der Waals surface area (Å²) in [6.45, 7) is 1.08. The molecule has 3 heterocycles. The summed E-state index contributed by atoms with van der Waals surface area (Å²) in [6, 6.07) is 13.5. The van der Waals surface area contributed by atoms with E-state index < -0.39 is 5.97 Å². The van der Waals surface area contributed by atoms with Gasteiger partial charge in [0.15, 0.2) is 0 Å². The van der Waals surface area contributed by atoms with Gasteiger partial charge < -0.3 is 20.4 Å². The van der Waals surface area contributed by atoms with Crippen LogP contribution in [0.5, 0.6) is 0 Å². The lowest BCUT2D eigenvalue weighted by atomic mass is 10.0. The highest BCUT2D eigenvalue weighted by molar-refractivity contribution is 6.18. The van der Waals surface area contributed by atoms with Gasteiger partial charge in [0.1, 0.15) is 0 Å². The highest BCUT2D eigenvalue weighted by Gasteiger charge is 2.45. The quantitative estimate of drug-likeness (QED) is 0.309. The van der Waals surface area contributed by atoms with Crippen molar-refractivity contribution in [2.24, 2.45) is 11.0 Å². The van der Waals surface area contributed by atoms with Crippen LogP contribution in [0.25, 0.3) is 22.2 Å². The number of nitrogens with zero attached hydrogens (tertiary/aromatic N) is 2. The van der Waals surface area contributed by atoms with Crippen LogP contribution < -0.4 is 10.7 Å². The van der Waals surface area contributed by atoms with Crippen molar-refractivity contribution in [2.45, 2.75) is 19.3 Å². The minimum absolute atomic E-state index is 0.0634. The summed E-state index contributed by atoms with van der Waals surface area (Å²) >= 11 is 0. The molecule has 1 aliphatic carbocycles. The summed E-state index contributed by atoms with van der Waals surface area (Å²) in [5, 5.41) is 15.3. The largest absolute Gasteiger partial charge is 0.481 e. The summed E-state index contributed by atoms with van der Waals surface area (Å²) in [6.07, 6.45) is 5.82. The molecule has 0 spiro atoms. The molecule has 2 aromatic carbocycles. The Morgan fingerprint density at radius 3 is 2.66 bits per heavy atom. The maximum absolute atomic E-state index is 12.8. The number of carboxylic acids is 1. The summed E-state index contributed by atoms with van der Waals surface area (Å²) in [4.78, 5) is 45.0. The number of nitrogens with one attached hydrogen (secondary N) is 4. The molecule has 2 unspecified atom stereocenters. The molecule has 35 heavy (non-hydrogen) atoms. The highest BCUT2D eigenvalue weighted by Crippen LogP contribution is 2.47. The first-order valence-electron chi connectivity index (χ1n) is 11.0. The number of H-pyrrole nitrogens is 2. The molecule has 10 heteroatoms. The SMILES string of the molecule is CC(=O)O.O=C1NN=Cc2c(-c3ccccc3)[nH]c3cc(NC(=O)C4CC4c4cnc[nH]4)cc1c23. The second-order valence-electron chi connectivity index (χ2n) is 8.39. The van der Waals surface area contributed by atoms with Crippen LogP contribution in [-0.4, -0.2) is 44.1 Å². The highest BCUT2D eigenvalue weighted by atomic mass is 16.4. The molecule has 2 aliphatic rings. The third-order valence-corrected chi connectivity index (χ3v) is 5.92. The molecule has 0 saturated heterocycles. The Balaban J connectivity index is 0.000000591. The van der Waals surface area contributed by atoms with Crippen molar-refractivity contribution in [3.8, 4) is 11.3 Å². The van der Waals surface area contributed by atoms with Crippen molar-refractivity contribution < 1.29 is 19.5 Å². The molecular weight excluding hydrogens is 448 g/mol. The van der Waals surface area contributed by atoms with Crippen molar-refractivity contribution >= 4 is 40.6 Å². The van der Waals surface area contributed by atoms with E-state index in [4.69, 9.17) is 9.90 Å². The van der Waals surface area contributed by atoms with Crippen LogP contribution in [-0.2, 0) is 9.59 Å². The van der Waals surface area contributed by atoms with E-state index in [1.54, 1.807) is 24.8 Å². The van der Waals surface area contributed by atoms with Gasteiger partial charge in [-0.3, -0.25) is 14.4 Å². The number of aliphatic carboxylic acids is 1. The maximum Gasteiger partial charge on any atom is 0.300 e. The summed E-state index contributed by atoms with van der Waals surface area (Å²) in [5.41, 5.74) is 8.05. The summed E-state index contributed by atoms with van der Waals surface area (Å²) in [7, 11) is 0. The number of hydrogen-bond donors (Lipinski definition) is 5. The van der Waals surface area contributed by atoms with Gasteiger partial charge >= 0.3 is 0 Å². The molecule has 5 N–H and O–H groups in total. The fourth-order valence-corrected chi connectivity index (χ4v) is 4.32. The molecule has 6 rings (SSSR count). The van der Waals surface area contributed by atoms with Crippen molar-refractivity contribution in [2.75, 3.05) is 5.32 Å². The van der Waals surface area contributed by atoms with Crippen LogP contribution in [0.3, 0.4) is 0 Å². The first-order chi connectivity index (χ1) is 16.9. The third kappa shape index (κ3) is 4.41. The standard InChI is InChI=1S/C23H18N6O2.C2H4O2/c30-22(15-8-14(15)19-10-24-11-25-19)27-13-6-16-20-17(9-26-29-23(16)31)21(28-18(20)7-13)12-4-2-1-3-5-12;1-2(3)4/h1-7,9-11,14-15,28H,8H2,(H,24,25)(H,27,30)(H,29,31);1H3,(H,3,4). The maximum atomic E-state index is 12.8. The minimum atomic E-state index is -0.833. The lowest BCUT2D eigenvalue weighted by molar-refractivity contribution is -0.134. The zero-order chi connectivity index (χ0) is 24.5. The molecule has 1 saturated carbocycles. The van der Waals surface area contributed by atoms with Crippen LogP contribution >= 0.6 is 0 Å². The van der Waals surface area contributed by atoms with Crippen molar-refractivity contribution in [1.82, 2.24) is 20.4 Å². The number of rotatable bonds is 4. The molecule has 2 amide bonds. The molecule has 176 valence electrons. The smallest absolute Gasteiger partial charge is 0.300 e. The fourth-order valence-electron chi connectivity index (χ4n) is 4.32. The van der Waals surface area contributed by atoms with Gasteiger partial charge in [0, 0.05) is 52.8 Å². The Kier molecular flexibility index (Phi) is 5.61. The number of amides is 2. The molecule has 4 aromatic rings. The molecule has 1 aliphatic heterocycles. The monoisotopic (exact) mass is 470 g/mol. The first kappa shape index (κ1) is 22.1. The van der Waals surface area contributed by atoms with Gasteiger partial charge in [0.2, 0.25) is 5.91 Å². The summed E-state index contributed by atoms with van der Waals surface area (Å²) < 4.78 is 0. The topological polar surface area (TPSA) is 152 Å². The number of anilines is 1. The van der Waals surface area contributed by atoms with Gasteiger partial charge in [-0.15, -0.1) is 0 Å². The molecule has 1 fully saturated rings. The number of aromatic nitrogens is 3. The fraction of sp³-hybridized carbons (Fsp3) is 0.160. The zero-order valence-corrected chi connectivity index (χ0v) is 18.7. The molecule has 0 bridgehead atoms. The predicted molar refractivity (Wildman–Crippen MR) is 130 cm³/mol. The number of hydrogen-bond acceptors (Lipinski definition) is 5. The number of imidazole rings is 1. The van der Waals surface area contributed by atoms with Gasteiger partial charge in [0.05, 0.1) is 23.8 Å². The Labute approximate surface area is 199 Å². The van der Waals surface area contributed by atoms with E-state index in [9.17, 15) is 9.59 Å². The van der Waals surface area contributed by atoms with E-state index in [1.165, 1.54) is 0 Å². The second-order valence-corrected chi connectivity index (χ2v) is 8.39. The normalized spacial score (nSPS) is 17.7. The van der Waals surface area contributed by atoms with Crippen LogP contribution in [0.15, 0.2) is 60.1 Å². The molecular formula is C25H22N6O4. The molecule has 10 nitrogen and oxygen atoms in total. The Morgan fingerprint density at radius 2 is 1.94 bits per heavy atom. The predicted octanol–water partition coefficient (Wildman–Crippen LogP) is 3.47. The zero-order valence-electron chi connectivity index (χ0n) is 18.7. The van der Waals surface area contributed by atoms with E-state index in [1.807, 2.05) is 36.4 Å². The van der Waals surface area contributed by atoms with Crippen LogP contribution in [0.2, 0.25) is 0 Å². The lowest BCUT2D eigenvalue weighted by Crippen LogP contribution is -2.18. The van der Waals surface area contributed by atoms with Crippen molar-refractivity contribution in [1.29, 1.82) is 0 Å². The van der Waals surface area contributed by atoms with Gasteiger partial charge in [-0.2, -0.15) is 5.10 Å². The Hall–Kier alpha value is -4.73. The molecule has 2 aromatic heterocycles. The Morgan fingerprint density at radius 1 is 1.17 bits per heavy atom. The van der Waals surface area contributed by atoms with Crippen molar-refractivity contribution in [3.63, 3.8) is 0 Å². The van der Waals surface area contributed by atoms with E-state index in [0.29, 0.717) is 11.3 Å². The first-order valence-corrected chi connectivity index (χ1v) is 11.0. The average Bonchev–Trinajstić information content (AvgIpc) is 3.34. The van der Waals surface area contributed by atoms with Gasteiger partial charge in [0.25, 0.3) is 11.9 Å². The van der Waals surface area contributed by atoms with Crippen LogP contribution in [0.1, 0.15) is 40.9 Å². The van der Waals surface area contributed by atoms with E-state index in [-0.39, 0.29) is 23.7 Å². The second kappa shape index (κ2) is 8.90. The number of carbonyl (C=O) groups is 3. The van der Waals surface area contributed by atoms with Gasteiger partial charge in [-0.05, 0) is 24.1 Å². The minimum Gasteiger partial charge on any atom is -0.481 e. The number of aromatic amines is 2. The van der Waals surface area contributed by atoms with E-state index in [0.717, 1.165) is 46.8 Å². The number of benzene rings is 2. The van der Waals surface area contributed by atoms with Gasteiger partial charge in [-0.25, -0.2) is 10.4 Å². The third-order valence-electron chi connectivity index (χ3n) is 5.92. The molecule has 0 radical (unpaired) electrons. The van der Waals surface area contributed by atoms with E-state index >= 15 is 0 Å². The summed E-state index contributed by atoms with van der Waals surface area (Å²) in [5.74, 6) is -1.15. The van der Waals surface area contributed by atoms with E-state index in [2.05, 4.69) is 30.8 Å². The number of carboxylic acid groups (broad SMARTS) is 1. The van der Waals surface area contributed by atoms with Crippen LogP contribution in [0.4, 0.5) is 5.69 Å². The number of hydrazone groups is 1. The van der Waals surface area contributed by atoms with Crippen molar-refractivity contribution in [3.05, 3.63) is 71.8 Å². The average molecular weight is 470 g/mol. The van der Waals surface area contributed by atoms with Gasteiger partial charge in [-0.1, -0.05) is 30.3 Å². The Bertz CT molecular complexity index is 1450. The van der Waals surface area contributed by atoms with Crippen LogP contribution in [0, 0.1) is 5.92 Å². The lowest BCUT2D eigenvalue weighted by Gasteiger charge is -2.08.